The van der Waals surface area contributed by atoms with Crippen molar-refractivity contribution in [3.8, 4) is 0 Å². The van der Waals surface area contributed by atoms with Crippen LogP contribution in [0.1, 0.15) is 32.6 Å². The molecule has 0 spiro atoms. The Hall–Kier alpha value is -0.570. The summed E-state index contributed by atoms with van der Waals surface area (Å²) in [6.07, 6.45) is 4.70. The van der Waals surface area contributed by atoms with Crippen LogP contribution in [-0.2, 0) is 4.79 Å². The van der Waals surface area contributed by atoms with E-state index in [0.717, 1.165) is 31.5 Å². The van der Waals surface area contributed by atoms with Crippen LogP contribution in [0.25, 0.3) is 0 Å². The quantitative estimate of drug-likeness (QED) is 0.731. The monoisotopic (exact) mass is 210 g/mol. The van der Waals surface area contributed by atoms with Gasteiger partial charge in [0, 0.05) is 13.0 Å². The summed E-state index contributed by atoms with van der Waals surface area (Å²) in [7, 11) is 0. The molecular formula is C12H22N2O. The van der Waals surface area contributed by atoms with Crippen molar-refractivity contribution >= 4 is 5.91 Å². The maximum Gasteiger partial charge on any atom is 0.220 e. The molecule has 1 saturated carbocycles. The molecule has 2 rings (SSSR count). The first-order chi connectivity index (χ1) is 7.25. The largest absolute Gasteiger partial charge is 0.356 e. The van der Waals surface area contributed by atoms with Gasteiger partial charge >= 0.3 is 0 Å². The molecule has 0 aromatic rings. The maximum absolute atomic E-state index is 11.6. The molecule has 2 fully saturated rings. The van der Waals surface area contributed by atoms with Crippen LogP contribution < -0.4 is 10.6 Å². The van der Waals surface area contributed by atoms with Gasteiger partial charge in [0.15, 0.2) is 0 Å². The fourth-order valence-electron chi connectivity index (χ4n) is 2.60. The molecule has 1 amide bonds. The van der Waals surface area contributed by atoms with Gasteiger partial charge in [-0.3, -0.25) is 4.79 Å². The number of carbonyl (C=O) groups excluding carboxylic acids is 1. The van der Waals surface area contributed by atoms with E-state index in [0.29, 0.717) is 12.3 Å². The highest BCUT2D eigenvalue weighted by molar-refractivity contribution is 5.76. The van der Waals surface area contributed by atoms with Crippen molar-refractivity contribution in [3.63, 3.8) is 0 Å². The zero-order valence-corrected chi connectivity index (χ0v) is 9.59. The first kappa shape index (κ1) is 10.9. The zero-order valence-electron chi connectivity index (χ0n) is 9.59. The number of hydrogen-bond donors (Lipinski definition) is 2. The summed E-state index contributed by atoms with van der Waals surface area (Å²) in [5.41, 5.74) is 0. The Kier molecular flexibility index (Phi) is 3.62. The molecule has 3 heteroatoms. The van der Waals surface area contributed by atoms with E-state index in [-0.39, 0.29) is 5.91 Å². The summed E-state index contributed by atoms with van der Waals surface area (Å²) in [4.78, 5) is 11.6. The lowest BCUT2D eigenvalue weighted by molar-refractivity contribution is -0.122. The first-order valence-corrected chi connectivity index (χ1v) is 6.23. The molecule has 2 N–H and O–H groups in total. The minimum absolute atomic E-state index is 0.251. The van der Waals surface area contributed by atoms with Crippen LogP contribution in [-0.4, -0.2) is 25.5 Å². The van der Waals surface area contributed by atoms with Gasteiger partial charge in [-0.25, -0.2) is 0 Å². The number of nitrogens with one attached hydrogen (secondary N) is 2. The number of hydrogen-bond acceptors (Lipinski definition) is 2. The molecule has 0 aromatic carbocycles. The molecule has 0 bridgehead atoms. The van der Waals surface area contributed by atoms with Crippen LogP contribution in [0, 0.1) is 17.8 Å². The lowest BCUT2D eigenvalue weighted by atomic mass is 9.97. The molecule has 15 heavy (non-hydrogen) atoms. The van der Waals surface area contributed by atoms with E-state index in [9.17, 15) is 4.79 Å². The standard InChI is InChI=1S/C12H22N2O/c1-9-3-2-4-11(9)8-14-12(15)5-10-6-13-7-10/h9-11,13H,2-8H2,1H3,(H,14,15). The Balaban J connectivity index is 1.61. The van der Waals surface area contributed by atoms with Gasteiger partial charge in [0.25, 0.3) is 0 Å². The summed E-state index contributed by atoms with van der Waals surface area (Å²) in [5.74, 6) is 2.37. The average molecular weight is 210 g/mol. The van der Waals surface area contributed by atoms with Crippen molar-refractivity contribution < 1.29 is 4.79 Å². The Morgan fingerprint density at radius 1 is 1.40 bits per heavy atom. The third kappa shape index (κ3) is 2.94. The maximum atomic E-state index is 11.6. The van der Waals surface area contributed by atoms with Crippen LogP contribution >= 0.6 is 0 Å². The van der Waals surface area contributed by atoms with Gasteiger partial charge in [-0.15, -0.1) is 0 Å². The molecule has 0 radical (unpaired) electrons. The summed E-state index contributed by atoms with van der Waals surface area (Å²) in [6, 6.07) is 0. The van der Waals surface area contributed by atoms with Crippen molar-refractivity contribution in [3.05, 3.63) is 0 Å². The van der Waals surface area contributed by atoms with Crippen molar-refractivity contribution in [1.82, 2.24) is 10.6 Å². The molecular weight excluding hydrogens is 188 g/mol. The first-order valence-electron chi connectivity index (χ1n) is 6.23. The Labute approximate surface area is 92.0 Å². The molecule has 1 aliphatic carbocycles. The highest BCUT2D eigenvalue weighted by Crippen LogP contribution is 2.30. The SMILES string of the molecule is CC1CCCC1CNC(=O)CC1CNC1. The lowest BCUT2D eigenvalue weighted by Crippen LogP contribution is -2.45. The predicted octanol–water partition coefficient (Wildman–Crippen LogP) is 1.15. The van der Waals surface area contributed by atoms with E-state index in [4.69, 9.17) is 0 Å². The summed E-state index contributed by atoms with van der Waals surface area (Å²) >= 11 is 0. The number of rotatable bonds is 4. The smallest absolute Gasteiger partial charge is 0.220 e. The normalized spacial score (nSPS) is 31.3. The average Bonchev–Trinajstić information content (AvgIpc) is 2.55. The second-order valence-electron chi connectivity index (χ2n) is 5.20. The Morgan fingerprint density at radius 2 is 2.20 bits per heavy atom. The van der Waals surface area contributed by atoms with Gasteiger partial charge in [-0.2, -0.15) is 0 Å². The zero-order chi connectivity index (χ0) is 10.7. The minimum Gasteiger partial charge on any atom is -0.356 e. The lowest BCUT2D eigenvalue weighted by Gasteiger charge is -2.26. The van der Waals surface area contributed by atoms with Crippen molar-refractivity contribution in [2.45, 2.75) is 32.6 Å². The molecule has 2 aliphatic rings. The van der Waals surface area contributed by atoms with Crippen LogP contribution in [0.2, 0.25) is 0 Å². The second kappa shape index (κ2) is 4.97. The van der Waals surface area contributed by atoms with Crippen molar-refractivity contribution in [2.75, 3.05) is 19.6 Å². The molecule has 86 valence electrons. The van der Waals surface area contributed by atoms with E-state index in [1.807, 2.05) is 0 Å². The molecule has 2 unspecified atom stereocenters. The van der Waals surface area contributed by atoms with E-state index < -0.39 is 0 Å². The van der Waals surface area contributed by atoms with Gasteiger partial charge in [-0.1, -0.05) is 19.8 Å². The highest BCUT2D eigenvalue weighted by Gasteiger charge is 2.24. The van der Waals surface area contributed by atoms with Gasteiger partial charge < -0.3 is 10.6 Å². The van der Waals surface area contributed by atoms with E-state index in [1.54, 1.807) is 0 Å². The van der Waals surface area contributed by atoms with Crippen LogP contribution in [0.15, 0.2) is 0 Å². The molecule has 0 aromatic heterocycles. The van der Waals surface area contributed by atoms with E-state index in [1.165, 1.54) is 19.3 Å². The molecule has 3 nitrogen and oxygen atoms in total. The highest BCUT2D eigenvalue weighted by atomic mass is 16.1. The third-order valence-corrected chi connectivity index (χ3v) is 3.94. The van der Waals surface area contributed by atoms with E-state index >= 15 is 0 Å². The molecule has 1 saturated heterocycles. The van der Waals surface area contributed by atoms with Crippen molar-refractivity contribution in [1.29, 1.82) is 0 Å². The van der Waals surface area contributed by atoms with Crippen molar-refractivity contribution in [2.24, 2.45) is 17.8 Å². The van der Waals surface area contributed by atoms with Gasteiger partial charge in [0.1, 0.15) is 0 Å². The fourth-order valence-corrected chi connectivity index (χ4v) is 2.60. The second-order valence-corrected chi connectivity index (χ2v) is 5.20. The third-order valence-electron chi connectivity index (χ3n) is 3.94. The van der Waals surface area contributed by atoms with Gasteiger partial charge in [0.2, 0.25) is 5.91 Å². The molecule has 2 atom stereocenters. The summed E-state index contributed by atoms with van der Waals surface area (Å²) in [6.45, 7) is 5.25. The molecule has 1 aliphatic heterocycles. The number of carbonyl (C=O) groups is 1. The minimum atomic E-state index is 0.251. The molecule has 1 heterocycles. The van der Waals surface area contributed by atoms with Crippen LogP contribution in [0.3, 0.4) is 0 Å². The summed E-state index contributed by atoms with van der Waals surface area (Å²) < 4.78 is 0. The van der Waals surface area contributed by atoms with E-state index in [2.05, 4.69) is 17.6 Å². The topological polar surface area (TPSA) is 41.1 Å². The Bertz CT molecular complexity index is 226. The number of amides is 1. The van der Waals surface area contributed by atoms with Gasteiger partial charge in [0.05, 0.1) is 0 Å². The van der Waals surface area contributed by atoms with Gasteiger partial charge in [-0.05, 0) is 37.3 Å². The predicted molar refractivity (Wildman–Crippen MR) is 60.5 cm³/mol. The summed E-state index contributed by atoms with van der Waals surface area (Å²) in [5, 5.41) is 6.28. The fraction of sp³-hybridized carbons (Fsp3) is 0.917. The van der Waals surface area contributed by atoms with Crippen LogP contribution in [0.4, 0.5) is 0 Å². The van der Waals surface area contributed by atoms with Crippen LogP contribution in [0.5, 0.6) is 0 Å². The Morgan fingerprint density at radius 3 is 2.73 bits per heavy atom.